The lowest BCUT2D eigenvalue weighted by molar-refractivity contribution is 0.104. The van der Waals surface area contributed by atoms with E-state index in [1.807, 2.05) is 20.8 Å². The lowest BCUT2D eigenvalue weighted by atomic mass is 10.1. The van der Waals surface area contributed by atoms with Crippen LogP contribution in [-0.4, -0.2) is 32.7 Å². The predicted molar refractivity (Wildman–Crippen MR) is 106 cm³/mol. The highest BCUT2D eigenvalue weighted by Crippen LogP contribution is 2.38. The summed E-state index contributed by atoms with van der Waals surface area (Å²) in [4.78, 5) is 12.4. The molecule has 5 heteroatoms. The van der Waals surface area contributed by atoms with Gasteiger partial charge in [-0.3, -0.25) is 4.79 Å². The average molecular weight is 370 g/mol. The highest BCUT2D eigenvalue weighted by molar-refractivity contribution is 6.06. The standard InChI is InChI=1S/C22H26O5/c1-6-26-22-20(24-4)13-16(14-21(22)25-5)7-12-19(23)17-8-10-18(11-9-17)27-15(2)3/h7-15H,6H2,1-5H3/b12-7+. The lowest BCUT2D eigenvalue weighted by Gasteiger charge is -2.14. The summed E-state index contributed by atoms with van der Waals surface area (Å²) in [6.45, 7) is 6.31. The number of benzene rings is 2. The molecule has 2 rings (SSSR count). The maximum Gasteiger partial charge on any atom is 0.203 e. The monoisotopic (exact) mass is 370 g/mol. The first-order chi connectivity index (χ1) is 13.0. The van der Waals surface area contributed by atoms with Crippen molar-refractivity contribution < 1.29 is 23.7 Å². The van der Waals surface area contributed by atoms with Gasteiger partial charge in [-0.25, -0.2) is 0 Å². The minimum Gasteiger partial charge on any atom is -0.493 e. The zero-order valence-corrected chi connectivity index (χ0v) is 16.4. The summed E-state index contributed by atoms with van der Waals surface area (Å²) in [5.41, 5.74) is 1.37. The molecule has 0 amide bonds. The second kappa shape index (κ2) is 9.67. The first-order valence-electron chi connectivity index (χ1n) is 8.86. The molecule has 0 saturated heterocycles. The summed E-state index contributed by atoms with van der Waals surface area (Å²) < 4.78 is 21.9. The van der Waals surface area contributed by atoms with Crippen molar-refractivity contribution in [1.82, 2.24) is 0 Å². The molecule has 0 aliphatic heterocycles. The van der Waals surface area contributed by atoms with Crippen molar-refractivity contribution in [3.05, 3.63) is 53.6 Å². The third-order valence-electron chi connectivity index (χ3n) is 3.71. The van der Waals surface area contributed by atoms with Crippen molar-refractivity contribution in [2.75, 3.05) is 20.8 Å². The van der Waals surface area contributed by atoms with Crippen molar-refractivity contribution >= 4 is 11.9 Å². The van der Waals surface area contributed by atoms with Crippen LogP contribution < -0.4 is 18.9 Å². The Morgan fingerprint density at radius 2 is 1.63 bits per heavy atom. The molecule has 0 spiro atoms. The van der Waals surface area contributed by atoms with Gasteiger partial charge in [-0.15, -0.1) is 0 Å². The quantitative estimate of drug-likeness (QED) is 0.469. The molecule has 0 aliphatic rings. The number of hydrogen-bond acceptors (Lipinski definition) is 5. The molecule has 0 radical (unpaired) electrons. The topological polar surface area (TPSA) is 54.0 Å². The molecule has 0 aliphatic carbocycles. The van der Waals surface area contributed by atoms with Gasteiger partial charge >= 0.3 is 0 Å². The Morgan fingerprint density at radius 3 is 2.11 bits per heavy atom. The minimum absolute atomic E-state index is 0.0936. The van der Waals surface area contributed by atoms with Crippen LogP contribution in [0.1, 0.15) is 36.7 Å². The number of methoxy groups -OCH3 is 2. The second-order valence-corrected chi connectivity index (χ2v) is 6.08. The van der Waals surface area contributed by atoms with Gasteiger partial charge in [0.1, 0.15) is 5.75 Å². The van der Waals surface area contributed by atoms with Gasteiger partial charge in [-0.1, -0.05) is 6.08 Å². The Hall–Kier alpha value is -2.95. The summed E-state index contributed by atoms with van der Waals surface area (Å²) in [5, 5.41) is 0. The van der Waals surface area contributed by atoms with Crippen LogP contribution in [-0.2, 0) is 0 Å². The Bertz CT molecular complexity index is 766. The average Bonchev–Trinajstić information content (AvgIpc) is 2.66. The van der Waals surface area contributed by atoms with Gasteiger partial charge < -0.3 is 18.9 Å². The van der Waals surface area contributed by atoms with E-state index in [1.54, 1.807) is 56.7 Å². The Labute approximate surface area is 160 Å². The highest BCUT2D eigenvalue weighted by atomic mass is 16.5. The molecular weight excluding hydrogens is 344 g/mol. The van der Waals surface area contributed by atoms with E-state index in [0.29, 0.717) is 29.4 Å². The molecule has 2 aromatic rings. The normalized spacial score (nSPS) is 10.9. The molecule has 5 nitrogen and oxygen atoms in total. The molecule has 0 atom stereocenters. The van der Waals surface area contributed by atoms with Crippen molar-refractivity contribution in [3.63, 3.8) is 0 Å². The third kappa shape index (κ3) is 5.51. The van der Waals surface area contributed by atoms with Crippen LogP contribution in [0.2, 0.25) is 0 Å². The maximum absolute atomic E-state index is 12.4. The Kier molecular flexibility index (Phi) is 7.29. The fourth-order valence-corrected chi connectivity index (χ4v) is 2.52. The van der Waals surface area contributed by atoms with Crippen LogP contribution >= 0.6 is 0 Å². The predicted octanol–water partition coefficient (Wildman–Crippen LogP) is 4.79. The zero-order valence-electron chi connectivity index (χ0n) is 16.4. The van der Waals surface area contributed by atoms with E-state index in [1.165, 1.54) is 6.08 Å². The number of allylic oxidation sites excluding steroid dienone is 1. The number of rotatable bonds is 9. The van der Waals surface area contributed by atoms with Crippen molar-refractivity contribution in [2.45, 2.75) is 26.9 Å². The third-order valence-corrected chi connectivity index (χ3v) is 3.71. The van der Waals surface area contributed by atoms with Crippen LogP contribution in [0, 0.1) is 0 Å². The molecule has 144 valence electrons. The molecule has 0 N–H and O–H groups in total. The highest BCUT2D eigenvalue weighted by Gasteiger charge is 2.13. The van der Waals surface area contributed by atoms with Crippen molar-refractivity contribution in [3.8, 4) is 23.0 Å². The van der Waals surface area contributed by atoms with Gasteiger partial charge in [0, 0.05) is 5.56 Å². The van der Waals surface area contributed by atoms with Gasteiger partial charge in [0.25, 0.3) is 0 Å². The van der Waals surface area contributed by atoms with E-state index < -0.39 is 0 Å². The molecule has 0 bridgehead atoms. The van der Waals surface area contributed by atoms with Gasteiger partial charge in [-0.2, -0.15) is 0 Å². The largest absolute Gasteiger partial charge is 0.493 e. The van der Waals surface area contributed by atoms with Gasteiger partial charge in [0.15, 0.2) is 17.3 Å². The minimum atomic E-state index is -0.0992. The van der Waals surface area contributed by atoms with Crippen LogP contribution in [0.5, 0.6) is 23.0 Å². The number of ether oxygens (including phenoxy) is 4. The first kappa shape index (κ1) is 20.4. The summed E-state index contributed by atoms with van der Waals surface area (Å²) in [6.07, 6.45) is 3.34. The Balaban J connectivity index is 2.20. The van der Waals surface area contributed by atoms with Crippen LogP contribution in [0.25, 0.3) is 6.08 Å². The van der Waals surface area contributed by atoms with Gasteiger partial charge in [-0.05, 0) is 68.8 Å². The van der Waals surface area contributed by atoms with Crippen LogP contribution in [0.3, 0.4) is 0 Å². The maximum atomic E-state index is 12.4. The fraction of sp³-hybridized carbons (Fsp3) is 0.318. The summed E-state index contributed by atoms with van der Waals surface area (Å²) in [7, 11) is 3.13. The van der Waals surface area contributed by atoms with E-state index in [0.717, 1.165) is 11.3 Å². The van der Waals surface area contributed by atoms with E-state index in [-0.39, 0.29) is 11.9 Å². The number of carbonyl (C=O) groups is 1. The van der Waals surface area contributed by atoms with Gasteiger partial charge in [0.05, 0.1) is 26.9 Å². The smallest absolute Gasteiger partial charge is 0.203 e. The molecular formula is C22H26O5. The van der Waals surface area contributed by atoms with E-state index >= 15 is 0 Å². The van der Waals surface area contributed by atoms with E-state index in [9.17, 15) is 4.79 Å². The molecule has 2 aromatic carbocycles. The molecule has 0 fully saturated rings. The first-order valence-corrected chi connectivity index (χ1v) is 8.86. The van der Waals surface area contributed by atoms with Crippen LogP contribution in [0.4, 0.5) is 0 Å². The summed E-state index contributed by atoms with van der Waals surface area (Å²) in [5.74, 6) is 2.30. The lowest BCUT2D eigenvalue weighted by Crippen LogP contribution is -2.05. The van der Waals surface area contributed by atoms with Crippen LogP contribution in [0.15, 0.2) is 42.5 Å². The van der Waals surface area contributed by atoms with E-state index in [2.05, 4.69) is 0 Å². The number of hydrogen-bond donors (Lipinski definition) is 0. The molecule has 0 saturated carbocycles. The molecule has 27 heavy (non-hydrogen) atoms. The SMILES string of the molecule is CCOc1c(OC)cc(/C=C/C(=O)c2ccc(OC(C)C)cc2)cc1OC. The van der Waals surface area contributed by atoms with Gasteiger partial charge in [0.2, 0.25) is 5.75 Å². The molecule has 0 heterocycles. The van der Waals surface area contributed by atoms with E-state index in [4.69, 9.17) is 18.9 Å². The second-order valence-electron chi connectivity index (χ2n) is 6.08. The molecule has 0 aromatic heterocycles. The van der Waals surface area contributed by atoms with Crippen molar-refractivity contribution in [2.24, 2.45) is 0 Å². The number of ketones is 1. The summed E-state index contributed by atoms with van der Waals surface area (Å²) >= 11 is 0. The fourth-order valence-electron chi connectivity index (χ4n) is 2.52. The molecule has 0 unspecified atom stereocenters. The number of carbonyl (C=O) groups excluding carboxylic acids is 1. The Morgan fingerprint density at radius 1 is 1.04 bits per heavy atom. The van der Waals surface area contributed by atoms with Crippen molar-refractivity contribution in [1.29, 1.82) is 0 Å². The summed E-state index contributed by atoms with van der Waals surface area (Å²) in [6, 6.07) is 10.7. The zero-order chi connectivity index (χ0) is 19.8.